The van der Waals surface area contributed by atoms with E-state index in [1.54, 1.807) is 13.8 Å². The molecule has 0 atom stereocenters. The van der Waals surface area contributed by atoms with Crippen LogP contribution >= 0.6 is 11.3 Å². The second-order valence-electron chi connectivity index (χ2n) is 3.98. The number of hydrogen-bond donors (Lipinski definition) is 3. The van der Waals surface area contributed by atoms with Crippen LogP contribution in [0, 0.1) is 13.8 Å². The van der Waals surface area contributed by atoms with Gasteiger partial charge in [0.1, 0.15) is 4.88 Å². The number of amides is 1. The Morgan fingerprint density at radius 1 is 1.44 bits per heavy atom. The Balaban J connectivity index is 2.84. The lowest BCUT2D eigenvalue weighted by molar-refractivity contribution is 0.0726. The van der Waals surface area contributed by atoms with E-state index in [1.807, 2.05) is 6.92 Å². The van der Waals surface area contributed by atoms with E-state index in [-0.39, 0.29) is 19.1 Å². The lowest BCUT2D eigenvalue weighted by atomic mass is 10.1. The minimum atomic E-state index is -0.999. The molecule has 1 amide bonds. The van der Waals surface area contributed by atoms with Crippen LogP contribution in [0.25, 0.3) is 0 Å². The Morgan fingerprint density at radius 3 is 2.38 bits per heavy atom. The fourth-order valence-corrected chi connectivity index (χ4v) is 2.02. The molecule has 1 heterocycles. The number of rotatable bonds is 4. The Bertz CT molecular complexity index is 385. The van der Waals surface area contributed by atoms with Gasteiger partial charge in [-0.15, -0.1) is 11.3 Å². The first-order valence-electron chi connectivity index (χ1n) is 4.90. The fraction of sp³-hybridized carbons (Fsp3) is 0.600. The fourth-order valence-electron chi connectivity index (χ4n) is 1.20. The summed E-state index contributed by atoms with van der Waals surface area (Å²) in [7, 11) is 0. The third kappa shape index (κ3) is 2.78. The topological polar surface area (TPSA) is 82.5 Å². The molecule has 0 aliphatic heterocycles. The molecule has 1 aromatic rings. The zero-order valence-electron chi connectivity index (χ0n) is 9.57. The molecule has 0 bridgehead atoms. The Kier molecular flexibility index (Phi) is 4.01. The van der Waals surface area contributed by atoms with Crippen molar-refractivity contribution in [3.8, 4) is 0 Å². The highest BCUT2D eigenvalue weighted by Crippen LogP contribution is 2.17. The summed E-state index contributed by atoms with van der Waals surface area (Å²) in [5.74, 6) is -0.311. The average molecular weight is 244 g/mol. The molecule has 3 N–H and O–H groups in total. The molecule has 16 heavy (non-hydrogen) atoms. The van der Waals surface area contributed by atoms with Gasteiger partial charge in [0.2, 0.25) is 0 Å². The smallest absolute Gasteiger partial charge is 0.263 e. The molecule has 6 heteroatoms. The van der Waals surface area contributed by atoms with E-state index in [0.29, 0.717) is 10.6 Å². The maximum Gasteiger partial charge on any atom is 0.263 e. The van der Waals surface area contributed by atoms with Gasteiger partial charge in [-0.3, -0.25) is 4.79 Å². The third-order valence-corrected chi connectivity index (χ3v) is 3.29. The van der Waals surface area contributed by atoms with Crippen LogP contribution in [-0.2, 0) is 0 Å². The lowest BCUT2D eigenvalue weighted by Gasteiger charge is -2.25. The molecule has 0 fully saturated rings. The van der Waals surface area contributed by atoms with Crippen molar-refractivity contribution in [3.63, 3.8) is 0 Å². The van der Waals surface area contributed by atoms with Gasteiger partial charge in [-0.25, -0.2) is 4.98 Å². The molecule has 0 aliphatic rings. The number of thiazole rings is 1. The molecule has 0 saturated heterocycles. The average Bonchev–Trinajstić information content (AvgIpc) is 2.57. The van der Waals surface area contributed by atoms with Crippen LogP contribution in [0.3, 0.4) is 0 Å². The molecular formula is C10H16N2O3S. The van der Waals surface area contributed by atoms with E-state index in [2.05, 4.69) is 10.3 Å². The summed E-state index contributed by atoms with van der Waals surface area (Å²) in [6, 6.07) is 0. The molecule has 0 saturated carbocycles. The van der Waals surface area contributed by atoms with Gasteiger partial charge in [-0.2, -0.15) is 0 Å². The maximum absolute atomic E-state index is 11.8. The van der Waals surface area contributed by atoms with Crippen molar-refractivity contribution in [3.05, 3.63) is 15.6 Å². The Labute approximate surface area is 98.1 Å². The van der Waals surface area contributed by atoms with Crippen LogP contribution in [0.15, 0.2) is 0 Å². The number of nitrogens with one attached hydrogen (secondary N) is 1. The number of carbonyl (C=O) groups is 1. The van der Waals surface area contributed by atoms with Crippen molar-refractivity contribution in [1.82, 2.24) is 10.3 Å². The summed E-state index contributed by atoms with van der Waals surface area (Å²) in [5.41, 5.74) is -0.334. The molecular weight excluding hydrogens is 228 g/mol. The van der Waals surface area contributed by atoms with E-state index in [0.717, 1.165) is 5.01 Å². The highest BCUT2D eigenvalue weighted by molar-refractivity contribution is 7.13. The zero-order valence-corrected chi connectivity index (χ0v) is 10.4. The van der Waals surface area contributed by atoms with Crippen LogP contribution in [0.1, 0.15) is 27.3 Å². The van der Waals surface area contributed by atoms with Gasteiger partial charge in [0.05, 0.1) is 29.5 Å². The second kappa shape index (κ2) is 4.90. The van der Waals surface area contributed by atoms with Crippen LogP contribution in [-0.4, -0.2) is 39.9 Å². The number of aliphatic hydroxyl groups is 2. The SMILES string of the molecule is Cc1nc(C)c(C(=O)NC(C)(CO)CO)s1. The first-order chi connectivity index (χ1) is 7.41. The van der Waals surface area contributed by atoms with Crippen LogP contribution in [0.5, 0.6) is 0 Å². The van der Waals surface area contributed by atoms with Crippen molar-refractivity contribution in [2.75, 3.05) is 13.2 Å². The molecule has 0 aromatic carbocycles. The molecule has 0 unspecified atom stereocenters. The van der Waals surface area contributed by atoms with Crippen molar-refractivity contribution < 1.29 is 15.0 Å². The van der Waals surface area contributed by atoms with Crippen LogP contribution in [0.4, 0.5) is 0 Å². The molecule has 0 aliphatic carbocycles. The highest BCUT2D eigenvalue weighted by Gasteiger charge is 2.26. The van der Waals surface area contributed by atoms with Crippen molar-refractivity contribution in [2.24, 2.45) is 0 Å². The van der Waals surface area contributed by atoms with E-state index in [4.69, 9.17) is 10.2 Å². The Morgan fingerprint density at radius 2 is 2.00 bits per heavy atom. The number of nitrogens with zero attached hydrogens (tertiary/aromatic N) is 1. The number of aliphatic hydroxyl groups excluding tert-OH is 2. The predicted molar refractivity (Wildman–Crippen MR) is 61.6 cm³/mol. The normalized spacial score (nSPS) is 11.6. The molecule has 1 rings (SSSR count). The summed E-state index contributed by atoms with van der Waals surface area (Å²) < 4.78 is 0. The molecule has 0 spiro atoms. The van der Waals surface area contributed by atoms with Crippen LogP contribution in [0.2, 0.25) is 0 Å². The number of aromatic nitrogens is 1. The predicted octanol–water partition coefficient (Wildman–Crippen LogP) is 0.233. The summed E-state index contributed by atoms with van der Waals surface area (Å²) in [6.45, 7) is 4.53. The minimum Gasteiger partial charge on any atom is -0.394 e. The van der Waals surface area contributed by atoms with Gasteiger partial charge < -0.3 is 15.5 Å². The first-order valence-corrected chi connectivity index (χ1v) is 5.72. The van der Waals surface area contributed by atoms with Crippen molar-refractivity contribution in [2.45, 2.75) is 26.3 Å². The van der Waals surface area contributed by atoms with Gasteiger partial charge in [0.25, 0.3) is 5.91 Å². The Hall–Kier alpha value is -0.980. The monoisotopic (exact) mass is 244 g/mol. The van der Waals surface area contributed by atoms with Crippen molar-refractivity contribution >= 4 is 17.2 Å². The van der Waals surface area contributed by atoms with Gasteiger partial charge in [0, 0.05) is 0 Å². The minimum absolute atomic E-state index is 0.311. The van der Waals surface area contributed by atoms with Crippen LogP contribution < -0.4 is 5.32 Å². The largest absolute Gasteiger partial charge is 0.394 e. The van der Waals surface area contributed by atoms with Gasteiger partial charge in [-0.1, -0.05) is 0 Å². The maximum atomic E-state index is 11.8. The zero-order chi connectivity index (χ0) is 12.3. The molecule has 1 aromatic heterocycles. The number of aryl methyl sites for hydroxylation is 2. The molecule has 5 nitrogen and oxygen atoms in total. The summed E-state index contributed by atoms with van der Waals surface area (Å²) in [4.78, 5) is 16.5. The van der Waals surface area contributed by atoms with E-state index in [1.165, 1.54) is 11.3 Å². The van der Waals surface area contributed by atoms with Gasteiger partial charge in [0.15, 0.2) is 0 Å². The highest BCUT2D eigenvalue weighted by atomic mass is 32.1. The number of carbonyl (C=O) groups excluding carboxylic acids is 1. The van der Waals surface area contributed by atoms with Crippen molar-refractivity contribution in [1.29, 1.82) is 0 Å². The standard InChI is InChI=1S/C10H16N2O3S/c1-6-8(16-7(2)11-6)9(15)12-10(3,4-13)5-14/h13-14H,4-5H2,1-3H3,(H,12,15). The molecule has 0 radical (unpaired) electrons. The van der Waals surface area contributed by atoms with E-state index in [9.17, 15) is 4.79 Å². The van der Waals surface area contributed by atoms with E-state index < -0.39 is 5.54 Å². The van der Waals surface area contributed by atoms with E-state index >= 15 is 0 Å². The quantitative estimate of drug-likeness (QED) is 0.708. The lowest BCUT2D eigenvalue weighted by Crippen LogP contribution is -2.51. The summed E-state index contributed by atoms with van der Waals surface area (Å²) >= 11 is 1.30. The number of hydrogen-bond acceptors (Lipinski definition) is 5. The van der Waals surface area contributed by atoms with Gasteiger partial charge in [-0.05, 0) is 20.8 Å². The second-order valence-corrected chi connectivity index (χ2v) is 5.18. The van der Waals surface area contributed by atoms with Gasteiger partial charge >= 0.3 is 0 Å². The summed E-state index contributed by atoms with van der Waals surface area (Å²) in [6.07, 6.45) is 0. The first kappa shape index (κ1) is 13.1. The molecule has 90 valence electrons. The third-order valence-electron chi connectivity index (χ3n) is 2.22. The summed E-state index contributed by atoms with van der Waals surface area (Å²) in [5, 5.41) is 21.5.